The van der Waals surface area contributed by atoms with Crippen LogP contribution in [0.2, 0.25) is 0 Å². The number of benzene rings is 2. The summed E-state index contributed by atoms with van der Waals surface area (Å²) in [5.74, 6) is 0.391. The molecular formula is C24H28N4O4. The van der Waals surface area contributed by atoms with Gasteiger partial charge in [-0.2, -0.15) is 5.53 Å². The Morgan fingerprint density at radius 3 is 2.50 bits per heavy atom. The molecule has 1 spiro atoms. The largest absolute Gasteiger partial charge is 0.496 e. The summed E-state index contributed by atoms with van der Waals surface area (Å²) in [5, 5.41) is 9.33. The summed E-state index contributed by atoms with van der Waals surface area (Å²) in [6, 6.07) is 13.1. The molecule has 0 aromatic heterocycles. The molecule has 8 heteroatoms. The number of piperidine rings is 1. The van der Waals surface area contributed by atoms with Crippen molar-refractivity contribution in [1.82, 2.24) is 21.3 Å². The number of carboxylic acids is 1. The molecule has 3 aliphatic rings. The van der Waals surface area contributed by atoms with Crippen molar-refractivity contribution in [3.8, 4) is 16.9 Å². The molecule has 2 aliphatic heterocycles. The molecule has 3 fully saturated rings. The van der Waals surface area contributed by atoms with E-state index >= 15 is 0 Å². The highest BCUT2D eigenvalue weighted by Gasteiger charge is 2.55. The number of nitrogens with one attached hydrogen (secondary N) is 3. The Bertz CT molecular complexity index is 1020. The van der Waals surface area contributed by atoms with E-state index in [-0.39, 0.29) is 17.5 Å². The van der Waals surface area contributed by atoms with Gasteiger partial charge < -0.3 is 14.7 Å². The summed E-state index contributed by atoms with van der Waals surface area (Å²) in [6.45, 7) is 2.23. The normalized spacial score (nSPS) is 23.8. The molecule has 2 atom stereocenters. The summed E-state index contributed by atoms with van der Waals surface area (Å²) >= 11 is 0. The number of ether oxygens (including phenoxy) is 1. The van der Waals surface area contributed by atoms with Crippen molar-refractivity contribution in [3.05, 3.63) is 53.6 Å². The molecule has 1 saturated carbocycles. The minimum Gasteiger partial charge on any atom is -0.496 e. The molecule has 2 aromatic carbocycles. The molecule has 1 amide bonds. The zero-order chi connectivity index (χ0) is 22.3. The van der Waals surface area contributed by atoms with Gasteiger partial charge in [-0.15, -0.1) is 0 Å². The zero-order valence-electron chi connectivity index (χ0n) is 18.1. The third-order valence-corrected chi connectivity index (χ3v) is 7.27. The number of carbonyl (C=O) groups is 2. The second-order valence-electron chi connectivity index (χ2n) is 8.99. The molecule has 2 saturated heterocycles. The van der Waals surface area contributed by atoms with Crippen LogP contribution in [-0.4, -0.2) is 54.7 Å². The number of hydrogen-bond acceptors (Lipinski definition) is 6. The van der Waals surface area contributed by atoms with Crippen LogP contribution in [-0.2, 0) is 4.79 Å². The van der Waals surface area contributed by atoms with Gasteiger partial charge in [0.15, 0.2) is 0 Å². The number of rotatable bonds is 5. The molecule has 0 bridgehead atoms. The smallest absolute Gasteiger partial charge is 0.335 e. The Balaban J connectivity index is 1.26. The topological polar surface area (TPSA) is 103 Å². The molecule has 0 radical (unpaired) electrons. The van der Waals surface area contributed by atoms with E-state index in [1.807, 2.05) is 4.90 Å². The van der Waals surface area contributed by atoms with E-state index < -0.39 is 5.97 Å². The highest BCUT2D eigenvalue weighted by atomic mass is 16.5. The van der Waals surface area contributed by atoms with Crippen molar-refractivity contribution in [1.29, 1.82) is 0 Å². The van der Waals surface area contributed by atoms with Crippen LogP contribution >= 0.6 is 0 Å². The van der Waals surface area contributed by atoms with Crippen molar-refractivity contribution < 1.29 is 19.4 Å². The first-order chi connectivity index (χ1) is 15.5. The summed E-state index contributed by atoms with van der Waals surface area (Å²) in [5.41, 5.74) is 12.3. The van der Waals surface area contributed by atoms with Crippen molar-refractivity contribution in [3.63, 3.8) is 0 Å². The standard InChI is InChI=1S/C24H28N4O4/c1-32-21-7-6-17(23(30)31)12-18(21)15-2-4-16(5-3-15)19-13-24(19)8-10-28(11-9-24)22(29)20-14-25-27-26-20/h2-7,12,19-20,25-27H,8-11,13-14H2,1H3,(H,30,31)/t19-,20?/m0/s1. The molecule has 168 valence electrons. The van der Waals surface area contributed by atoms with E-state index in [1.165, 1.54) is 5.56 Å². The first kappa shape index (κ1) is 20.9. The quantitative estimate of drug-likeness (QED) is 0.569. The monoisotopic (exact) mass is 436 g/mol. The molecule has 32 heavy (non-hydrogen) atoms. The Hall–Kier alpha value is -2.94. The van der Waals surface area contributed by atoms with Crippen LogP contribution in [0, 0.1) is 5.41 Å². The van der Waals surface area contributed by atoms with Gasteiger partial charge >= 0.3 is 5.97 Å². The van der Waals surface area contributed by atoms with Crippen molar-refractivity contribution in [2.24, 2.45) is 5.41 Å². The van der Waals surface area contributed by atoms with E-state index in [0.29, 0.717) is 23.6 Å². The van der Waals surface area contributed by atoms with Crippen LogP contribution in [0.25, 0.3) is 11.1 Å². The van der Waals surface area contributed by atoms with Gasteiger partial charge in [-0.1, -0.05) is 24.3 Å². The molecule has 8 nitrogen and oxygen atoms in total. The number of carboxylic acid groups (broad SMARTS) is 1. The first-order valence-corrected chi connectivity index (χ1v) is 11.0. The fraction of sp³-hybridized carbons (Fsp3) is 0.417. The van der Waals surface area contributed by atoms with Gasteiger partial charge in [0.2, 0.25) is 5.91 Å². The van der Waals surface area contributed by atoms with Gasteiger partial charge in [0, 0.05) is 25.2 Å². The van der Waals surface area contributed by atoms with E-state index in [0.717, 1.165) is 43.5 Å². The van der Waals surface area contributed by atoms with Crippen LogP contribution in [0.3, 0.4) is 0 Å². The van der Waals surface area contributed by atoms with Gasteiger partial charge in [-0.05, 0) is 59.9 Å². The van der Waals surface area contributed by atoms with Gasteiger partial charge in [0.05, 0.1) is 12.7 Å². The molecule has 2 heterocycles. The minimum atomic E-state index is -0.952. The maximum atomic E-state index is 12.6. The average molecular weight is 437 g/mol. The predicted molar refractivity (Wildman–Crippen MR) is 119 cm³/mol. The number of aromatic carboxylic acids is 1. The van der Waals surface area contributed by atoms with Gasteiger partial charge in [-0.3, -0.25) is 4.79 Å². The first-order valence-electron chi connectivity index (χ1n) is 11.0. The van der Waals surface area contributed by atoms with Crippen LogP contribution in [0.15, 0.2) is 42.5 Å². The number of likely N-dealkylation sites (tertiary alicyclic amines) is 1. The van der Waals surface area contributed by atoms with Crippen LogP contribution < -0.4 is 21.1 Å². The van der Waals surface area contributed by atoms with Crippen molar-refractivity contribution in [2.75, 3.05) is 26.7 Å². The lowest BCUT2D eigenvalue weighted by atomic mass is 9.88. The van der Waals surface area contributed by atoms with E-state index in [2.05, 4.69) is 40.7 Å². The number of methoxy groups -OCH3 is 1. The minimum absolute atomic E-state index is 0.163. The van der Waals surface area contributed by atoms with Crippen molar-refractivity contribution >= 4 is 11.9 Å². The van der Waals surface area contributed by atoms with Crippen LogP contribution in [0.1, 0.15) is 41.1 Å². The van der Waals surface area contributed by atoms with Crippen LogP contribution in [0.5, 0.6) is 5.75 Å². The van der Waals surface area contributed by atoms with Gasteiger partial charge in [0.1, 0.15) is 11.8 Å². The maximum Gasteiger partial charge on any atom is 0.335 e. The van der Waals surface area contributed by atoms with E-state index in [9.17, 15) is 14.7 Å². The Labute approximate surface area is 186 Å². The highest BCUT2D eigenvalue weighted by molar-refractivity contribution is 5.90. The molecule has 2 aromatic rings. The van der Waals surface area contributed by atoms with Crippen LogP contribution in [0.4, 0.5) is 0 Å². The van der Waals surface area contributed by atoms with Crippen molar-refractivity contribution in [2.45, 2.75) is 31.2 Å². The summed E-state index contributed by atoms with van der Waals surface area (Å²) < 4.78 is 5.44. The predicted octanol–water partition coefficient (Wildman–Crippen LogP) is 2.14. The number of nitrogens with zero attached hydrogens (tertiary/aromatic N) is 1. The third kappa shape index (κ3) is 3.74. The molecule has 4 N–H and O–H groups in total. The van der Waals surface area contributed by atoms with E-state index in [4.69, 9.17) is 4.74 Å². The lowest BCUT2D eigenvalue weighted by Crippen LogP contribution is -2.49. The Kier molecular flexibility index (Phi) is 5.36. The Morgan fingerprint density at radius 2 is 1.88 bits per heavy atom. The number of amides is 1. The average Bonchev–Trinajstić information content (AvgIpc) is 3.24. The molecule has 5 rings (SSSR count). The second kappa shape index (κ2) is 8.20. The number of carbonyl (C=O) groups excluding carboxylic acids is 1. The second-order valence-corrected chi connectivity index (χ2v) is 8.99. The fourth-order valence-corrected chi connectivity index (χ4v) is 5.22. The number of hydrazine groups is 2. The lowest BCUT2D eigenvalue weighted by Gasteiger charge is -2.34. The fourth-order valence-electron chi connectivity index (χ4n) is 5.22. The summed E-state index contributed by atoms with van der Waals surface area (Å²) in [4.78, 5) is 26.0. The summed E-state index contributed by atoms with van der Waals surface area (Å²) in [6.07, 6.45) is 3.23. The summed E-state index contributed by atoms with van der Waals surface area (Å²) in [7, 11) is 1.59. The third-order valence-electron chi connectivity index (χ3n) is 7.27. The molecule has 1 aliphatic carbocycles. The lowest BCUT2D eigenvalue weighted by molar-refractivity contribution is -0.134. The Morgan fingerprint density at radius 1 is 1.12 bits per heavy atom. The highest BCUT2D eigenvalue weighted by Crippen LogP contribution is 2.65. The van der Waals surface area contributed by atoms with E-state index in [1.54, 1.807) is 25.3 Å². The van der Waals surface area contributed by atoms with Gasteiger partial charge in [-0.25, -0.2) is 15.6 Å². The zero-order valence-corrected chi connectivity index (χ0v) is 18.1. The maximum absolute atomic E-state index is 12.6. The van der Waals surface area contributed by atoms with Gasteiger partial charge in [0.25, 0.3) is 0 Å². The molecule has 1 unspecified atom stereocenters. The number of hydrogen-bond donors (Lipinski definition) is 4. The molecular weight excluding hydrogens is 408 g/mol. The SMILES string of the molecule is COc1ccc(C(=O)O)cc1-c1ccc([C@@H]2CC23CCN(C(=O)C2CNNN2)CC3)cc1.